The Hall–Kier alpha value is -4.71. The van der Waals surface area contributed by atoms with Gasteiger partial charge >= 0.3 is 5.97 Å². The molecule has 46 heavy (non-hydrogen) atoms. The number of hydrogen-bond acceptors (Lipinski definition) is 8. The Kier molecular flexibility index (Phi) is 10.7. The minimum atomic E-state index is -3.50. The van der Waals surface area contributed by atoms with Gasteiger partial charge in [0, 0.05) is 21.5 Å². The molecule has 0 unspecified atom stereocenters. The van der Waals surface area contributed by atoms with Crippen LogP contribution in [0.5, 0.6) is 11.5 Å². The molecule has 2 N–H and O–H groups in total. The van der Waals surface area contributed by atoms with Crippen molar-refractivity contribution in [2.45, 2.75) is 24.3 Å². The number of hydrogen-bond donors (Lipinski definition) is 2. The van der Waals surface area contributed by atoms with Crippen LogP contribution in [0, 0.1) is 0 Å². The number of carbonyl (C=O) groups is 2. The molecule has 1 amide bonds. The Balaban J connectivity index is 1.21. The van der Waals surface area contributed by atoms with Gasteiger partial charge < -0.3 is 19.9 Å². The van der Waals surface area contributed by atoms with Gasteiger partial charge in [-0.25, -0.2) is 18.2 Å². The highest BCUT2D eigenvalue weighted by atomic mass is 35.5. The topological polar surface area (TPSA) is 132 Å². The summed E-state index contributed by atoms with van der Waals surface area (Å²) < 4.78 is 36.7. The Morgan fingerprint density at radius 3 is 2.37 bits per heavy atom. The van der Waals surface area contributed by atoms with Crippen LogP contribution in [-0.2, 0) is 27.7 Å². The van der Waals surface area contributed by atoms with Gasteiger partial charge in [-0.1, -0.05) is 48.0 Å². The summed E-state index contributed by atoms with van der Waals surface area (Å²) in [6, 6.07) is 27.4. The van der Waals surface area contributed by atoms with Crippen molar-refractivity contribution in [2.75, 3.05) is 17.7 Å². The standard InChI is InChI=1S/C34H29ClN2O7S2/c35-26-11-15-28(16-12-26)46(41,42)18-4-5-23-8-17-31(44-21-33(38)39)29(19-23)37-34(40)25-9-13-27(14-10-25)43-20-32-36-30(22-45-32)24-6-2-1-3-7-24/h1-3,6-17,19,22H,4-5,18,20-21H2,(H,37,40)(H,38,39). The first-order chi connectivity index (χ1) is 22.2. The summed E-state index contributed by atoms with van der Waals surface area (Å²) in [7, 11) is -3.50. The number of anilines is 1. The van der Waals surface area contributed by atoms with E-state index in [-0.39, 0.29) is 28.7 Å². The second kappa shape index (κ2) is 15.0. The van der Waals surface area contributed by atoms with Crippen molar-refractivity contribution in [3.8, 4) is 22.8 Å². The number of aryl methyl sites for hydroxylation is 1. The molecule has 12 heteroatoms. The van der Waals surface area contributed by atoms with E-state index in [0.29, 0.717) is 29.2 Å². The highest BCUT2D eigenvalue weighted by molar-refractivity contribution is 7.91. The maximum atomic E-state index is 13.1. The number of aromatic nitrogens is 1. The molecule has 0 saturated heterocycles. The van der Waals surface area contributed by atoms with Crippen LogP contribution < -0.4 is 14.8 Å². The molecular formula is C34H29ClN2O7S2. The molecule has 0 aliphatic heterocycles. The van der Waals surface area contributed by atoms with Gasteiger partial charge in [-0.3, -0.25) is 4.79 Å². The number of sulfone groups is 1. The summed E-state index contributed by atoms with van der Waals surface area (Å²) in [6.45, 7) is -0.319. The lowest BCUT2D eigenvalue weighted by Crippen LogP contribution is -2.15. The number of nitrogens with zero attached hydrogens (tertiary/aromatic N) is 1. The number of benzene rings is 4. The van der Waals surface area contributed by atoms with Gasteiger partial charge in [-0.15, -0.1) is 11.3 Å². The number of aliphatic carboxylic acids is 1. The maximum absolute atomic E-state index is 13.1. The second-order valence-electron chi connectivity index (χ2n) is 10.1. The number of carboxylic acids is 1. The summed E-state index contributed by atoms with van der Waals surface area (Å²) in [5.41, 5.74) is 3.27. The molecule has 5 rings (SSSR count). The summed E-state index contributed by atoms with van der Waals surface area (Å²) in [4.78, 5) is 29.1. The molecule has 5 aromatic rings. The number of nitrogens with one attached hydrogen (secondary N) is 1. The minimum Gasteiger partial charge on any atom is -0.486 e. The van der Waals surface area contributed by atoms with Crippen LogP contribution in [0.4, 0.5) is 5.69 Å². The fourth-order valence-electron chi connectivity index (χ4n) is 4.48. The number of amides is 1. The van der Waals surface area contributed by atoms with E-state index in [4.69, 9.17) is 26.2 Å². The van der Waals surface area contributed by atoms with E-state index < -0.39 is 28.3 Å². The highest BCUT2D eigenvalue weighted by Crippen LogP contribution is 2.28. The van der Waals surface area contributed by atoms with Crippen LogP contribution in [0.15, 0.2) is 107 Å². The molecule has 0 aliphatic carbocycles. The first kappa shape index (κ1) is 32.7. The van der Waals surface area contributed by atoms with E-state index in [1.54, 1.807) is 42.5 Å². The maximum Gasteiger partial charge on any atom is 0.341 e. The fourth-order valence-corrected chi connectivity index (χ4v) is 6.63. The smallest absolute Gasteiger partial charge is 0.341 e. The Morgan fingerprint density at radius 2 is 1.65 bits per heavy atom. The van der Waals surface area contributed by atoms with Gasteiger partial charge in [0.1, 0.15) is 23.1 Å². The first-order valence-corrected chi connectivity index (χ1v) is 17.1. The highest BCUT2D eigenvalue weighted by Gasteiger charge is 2.16. The molecule has 0 radical (unpaired) electrons. The van der Waals surface area contributed by atoms with Crippen molar-refractivity contribution >= 4 is 50.3 Å². The third-order valence-corrected chi connectivity index (χ3v) is 9.69. The summed E-state index contributed by atoms with van der Waals surface area (Å²) in [5, 5.41) is 15.1. The molecule has 0 fully saturated rings. The fraction of sp³-hybridized carbons (Fsp3) is 0.147. The third-order valence-electron chi connectivity index (χ3n) is 6.79. The molecule has 0 saturated carbocycles. The molecule has 1 aromatic heterocycles. The molecule has 1 heterocycles. The van der Waals surface area contributed by atoms with Crippen LogP contribution >= 0.6 is 22.9 Å². The Morgan fingerprint density at radius 1 is 0.913 bits per heavy atom. The van der Waals surface area contributed by atoms with Gasteiger partial charge in [0.2, 0.25) is 0 Å². The van der Waals surface area contributed by atoms with E-state index in [1.807, 2.05) is 35.7 Å². The zero-order valence-electron chi connectivity index (χ0n) is 24.4. The number of halogens is 1. The molecule has 9 nitrogen and oxygen atoms in total. The number of thiazole rings is 1. The zero-order chi connectivity index (χ0) is 32.5. The van der Waals surface area contributed by atoms with Crippen molar-refractivity contribution < 1.29 is 32.6 Å². The van der Waals surface area contributed by atoms with E-state index in [0.717, 1.165) is 21.8 Å². The molecule has 236 valence electrons. The lowest BCUT2D eigenvalue weighted by Gasteiger charge is -2.14. The van der Waals surface area contributed by atoms with Crippen LogP contribution in [0.2, 0.25) is 5.02 Å². The summed E-state index contributed by atoms with van der Waals surface area (Å²) in [5.74, 6) is -0.959. The molecule has 0 spiro atoms. The van der Waals surface area contributed by atoms with Gasteiger partial charge in [-0.05, 0) is 79.1 Å². The lowest BCUT2D eigenvalue weighted by molar-refractivity contribution is -0.139. The van der Waals surface area contributed by atoms with Crippen LogP contribution in [0.1, 0.15) is 27.3 Å². The quantitative estimate of drug-likeness (QED) is 0.127. The van der Waals surface area contributed by atoms with Crippen LogP contribution in [0.3, 0.4) is 0 Å². The second-order valence-corrected chi connectivity index (χ2v) is 13.6. The summed E-state index contributed by atoms with van der Waals surface area (Å²) >= 11 is 7.37. The van der Waals surface area contributed by atoms with Gasteiger partial charge in [0.15, 0.2) is 16.4 Å². The molecule has 0 aliphatic rings. The van der Waals surface area contributed by atoms with Crippen LogP contribution in [-0.4, -0.2) is 42.7 Å². The third kappa shape index (κ3) is 8.94. The summed E-state index contributed by atoms with van der Waals surface area (Å²) in [6.07, 6.45) is 0.719. The van der Waals surface area contributed by atoms with Crippen molar-refractivity contribution in [1.82, 2.24) is 4.98 Å². The Labute approximate surface area is 275 Å². The van der Waals surface area contributed by atoms with Gasteiger partial charge in [0.25, 0.3) is 5.91 Å². The van der Waals surface area contributed by atoms with Crippen molar-refractivity contribution in [3.63, 3.8) is 0 Å². The van der Waals surface area contributed by atoms with Gasteiger partial charge in [0.05, 0.1) is 22.0 Å². The molecule has 4 aromatic carbocycles. The van der Waals surface area contributed by atoms with Crippen molar-refractivity contribution in [1.29, 1.82) is 0 Å². The SMILES string of the molecule is O=C(O)COc1ccc(CCCS(=O)(=O)c2ccc(Cl)cc2)cc1NC(=O)c1ccc(OCc2nc(-c3ccccc3)cs2)cc1. The first-order valence-electron chi connectivity index (χ1n) is 14.2. The monoisotopic (exact) mass is 676 g/mol. The van der Waals surface area contributed by atoms with E-state index >= 15 is 0 Å². The number of carboxylic acid groups (broad SMARTS) is 1. The largest absolute Gasteiger partial charge is 0.486 e. The van der Waals surface area contributed by atoms with Crippen molar-refractivity contribution in [3.05, 3.63) is 124 Å². The normalized spacial score (nSPS) is 11.2. The van der Waals surface area contributed by atoms with Crippen LogP contribution in [0.25, 0.3) is 11.3 Å². The predicted molar refractivity (Wildman–Crippen MR) is 178 cm³/mol. The molecule has 0 bridgehead atoms. The number of carbonyl (C=O) groups excluding carboxylic acids is 1. The molecule has 0 atom stereocenters. The van der Waals surface area contributed by atoms with E-state index in [9.17, 15) is 18.0 Å². The number of ether oxygens (including phenoxy) is 2. The number of rotatable bonds is 14. The van der Waals surface area contributed by atoms with E-state index in [2.05, 4.69) is 10.3 Å². The average Bonchev–Trinajstić information content (AvgIpc) is 3.53. The predicted octanol–water partition coefficient (Wildman–Crippen LogP) is 7.16. The lowest BCUT2D eigenvalue weighted by atomic mass is 10.1. The van der Waals surface area contributed by atoms with Crippen molar-refractivity contribution in [2.24, 2.45) is 0 Å². The minimum absolute atomic E-state index is 0.0846. The van der Waals surface area contributed by atoms with Gasteiger partial charge in [-0.2, -0.15) is 0 Å². The average molecular weight is 677 g/mol. The zero-order valence-corrected chi connectivity index (χ0v) is 26.8. The molecular weight excluding hydrogens is 648 g/mol. The van der Waals surface area contributed by atoms with E-state index in [1.165, 1.54) is 35.6 Å². The Bertz CT molecular complexity index is 1910.